The van der Waals surface area contributed by atoms with Gasteiger partial charge in [-0.2, -0.15) is 10.1 Å². The van der Waals surface area contributed by atoms with E-state index in [0.717, 1.165) is 21.8 Å². The molecule has 300 valence electrons. The Balaban J connectivity index is 1.43. The molecule has 1 atom stereocenters. The molecule has 20 nitrogen and oxygen atoms in total. The van der Waals surface area contributed by atoms with Crippen molar-refractivity contribution in [2.45, 2.75) is 58.7 Å². The summed E-state index contributed by atoms with van der Waals surface area (Å²) in [4.78, 5) is 59.0. The predicted molar refractivity (Wildman–Crippen MR) is 200 cm³/mol. The summed E-state index contributed by atoms with van der Waals surface area (Å²) in [5.41, 5.74) is 10.8. The standard InChI is InChI=1S/C36H44N8O12/c1-3-51-35-39-31-15-11-14-30(34(45)52-20-9-10-23-55-44(49)50)32(31)41(35)24-26-16-18-27(19-17-26)28-12-5-6-13-29(28)33(37)40-42(38)25(2)56-36(46)53-21-7-4-8-22-54-43(47)48/h5-6,11-19,25H,3-4,7-10,20-24,38H2,1-2H3,(H2,37,40). The van der Waals surface area contributed by atoms with E-state index in [4.69, 9.17) is 30.5 Å². The van der Waals surface area contributed by atoms with Crippen LogP contribution in [0.25, 0.3) is 22.2 Å². The number of para-hydroxylation sites is 1. The molecule has 1 unspecified atom stereocenters. The SMILES string of the molecule is CCOc1nc2cccc(C(=O)OCCCCO[N+](=O)[O-])c2n1Cc1ccc(-c2ccccc2/C(N)=N/N(N)C(C)OC(=O)OCCCCCO[N+](=O)[O-])cc1. The Labute approximate surface area is 321 Å². The summed E-state index contributed by atoms with van der Waals surface area (Å²) in [6.45, 7) is 3.96. The zero-order chi connectivity index (χ0) is 40.5. The van der Waals surface area contributed by atoms with Crippen LogP contribution in [0.2, 0.25) is 0 Å². The van der Waals surface area contributed by atoms with Gasteiger partial charge in [0.05, 0.1) is 56.2 Å². The molecule has 0 fully saturated rings. The molecule has 4 aromatic rings. The average Bonchev–Trinajstić information content (AvgIpc) is 3.52. The lowest BCUT2D eigenvalue weighted by Gasteiger charge is -2.21. The third kappa shape index (κ3) is 12.4. The maximum atomic E-state index is 13.2. The highest BCUT2D eigenvalue weighted by molar-refractivity contribution is 6.03. The fourth-order valence-electron chi connectivity index (χ4n) is 5.39. The van der Waals surface area contributed by atoms with Crippen LogP contribution in [-0.4, -0.2) is 82.1 Å². The van der Waals surface area contributed by atoms with Crippen LogP contribution < -0.4 is 16.3 Å². The Morgan fingerprint density at radius 2 is 1.48 bits per heavy atom. The van der Waals surface area contributed by atoms with E-state index in [1.165, 1.54) is 6.92 Å². The van der Waals surface area contributed by atoms with Crippen LogP contribution in [0.15, 0.2) is 71.8 Å². The monoisotopic (exact) mass is 780 g/mol. The van der Waals surface area contributed by atoms with Crippen LogP contribution >= 0.6 is 0 Å². The minimum Gasteiger partial charge on any atom is -0.465 e. The zero-order valence-corrected chi connectivity index (χ0v) is 30.9. The molecule has 0 saturated heterocycles. The molecule has 0 aliphatic heterocycles. The van der Waals surface area contributed by atoms with Gasteiger partial charge < -0.3 is 34.4 Å². The predicted octanol–water partition coefficient (Wildman–Crippen LogP) is 4.97. The number of carbonyl (C=O) groups excluding carboxylic acids is 2. The van der Waals surface area contributed by atoms with E-state index >= 15 is 0 Å². The maximum absolute atomic E-state index is 13.2. The van der Waals surface area contributed by atoms with Gasteiger partial charge in [0.15, 0.2) is 5.84 Å². The second-order valence-electron chi connectivity index (χ2n) is 12.0. The Kier molecular flexibility index (Phi) is 16.0. The summed E-state index contributed by atoms with van der Waals surface area (Å²) in [7, 11) is 0. The molecule has 0 radical (unpaired) electrons. The van der Waals surface area contributed by atoms with Crippen LogP contribution in [0.5, 0.6) is 6.01 Å². The van der Waals surface area contributed by atoms with E-state index in [2.05, 4.69) is 19.8 Å². The third-order valence-corrected chi connectivity index (χ3v) is 8.07. The van der Waals surface area contributed by atoms with Gasteiger partial charge in [-0.3, -0.25) is 4.57 Å². The summed E-state index contributed by atoms with van der Waals surface area (Å²) in [6, 6.07) is 20.4. The molecule has 0 aliphatic rings. The number of hydrazine groups is 1. The minimum absolute atomic E-state index is 0.0368. The summed E-state index contributed by atoms with van der Waals surface area (Å²) in [5, 5.41) is 23.9. The van der Waals surface area contributed by atoms with E-state index in [1.807, 2.05) is 43.3 Å². The lowest BCUT2D eigenvalue weighted by molar-refractivity contribution is -0.757. The van der Waals surface area contributed by atoms with E-state index in [9.17, 15) is 29.8 Å². The van der Waals surface area contributed by atoms with Crippen LogP contribution in [0.1, 0.15) is 67.4 Å². The van der Waals surface area contributed by atoms with E-state index < -0.39 is 28.5 Å². The molecule has 20 heteroatoms. The molecule has 56 heavy (non-hydrogen) atoms. The topological polar surface area (TPSA) is 261 Å². The quantitative estimate of drug-likeness (QED) is 0.0147. The first-order chi connectivity index (χ1) is 27.0. The molecule has 0 spiro atoms. The van der Waals surface area contributed by atoms with Gasteiger partial charge in [0.2, 0.25) is 6.23 Å². The number of rotatable bonds is 23. The maximum Gasteiger partial charge on any atom is 0.510 e. The number of ether oxygens (including phenoxy) is 4. The number of imidazole rings is 1. The minimum atomic E-state index is -1.04. The van der Waals surface area contributed by atoms with Crippen molar-refractivity contribution in [3.63, 3.8) is 0 Å². The van der Waals surface area contributed by atoms with Crippen molar-refractivity contribution in [3.05, 3.63) is 104 Å². The van der Waals surface area contributed by atoms with Crippen molar-refractivity contribution >= 4 is 29.0 Å². The average molecular weight is 781 g/mol. The van der Waals surface area contributed by atoms with Crippen molar-refractivity contribution < 1.29 is 48.4 Å². The highest BCUT2D eigenvalue weighted by Crippen LogP contribution is 2.29. The fraction of sp³-hybridized carbons (Fsp3) is 0.389. The van der Waals surface area contributed by atoms with Crippen LogP contribution in [0.4, 0.5) is 4.79 Å². The van der Waals surface area contributed by atoms with Gasteiger partial charge in [0.1, 0.15) is 0 Å². The highest BCUT2D eigenvalue weighted by atomic mass is 17.0. The van der Waals surface area contributed by atoms with Crippen molar-refractivity contribution in [2.24, 2.45) is 16.7 Å². The molecule has 4 rings (SSSR count). The number of fused-ring (bicyclic) bond motifs is 1. The molecule has 0 saturated carbocycles. The molecular formula is C36H44N8O12. The molecule has 0 bridgehead atoms. The van der Waals surface area contributed by atoms with Crippen LogP contribution in [0.3, 0.4) is 0 Å². The number of hydrazone groups is 1. The van der Waals surface area contributed by atoms with Gasteiger partial charge in [0, 0.05) is 5.56 Å². The first-order valence-corrected chi connectivity index (χ1v) is 17.7. The largest absolute Gasteiger partial charge is 0.510 e. The number of nitrogens with two attached hydrogens (primary N) is 2. The first-order valence-electron chi connectivity index (χ1n) is 17.7. The first kappa shape index (κ1) is 42.0. The van der Waals surface area contributed by atoms with Gasteiger partial charge in [0.25, 0.3) is 16.2 Å². The number of carbonyl (C=O) groups is 2. The summed E-state index contributed by atoms with van der Waals surface area (Å²) < 4.78 is 23.4. The van der Waals surface area contributed by atoms with Crippen molar-refractivity contribution in [3.8, 4) is 17.1 Å². The van der Waals surface area contributed by atoms with Gasteiger partial charge in [-0.05, 0) is 74.8 Å². The Morgan fingerprint density at radius 3 is 2.18 bits per heavy atom. The second kappa shape index (κ2) is 21.3. The number of benzene rings is 3. The van der Waals surface area contributed by atoms with Gasteiger partial charge in [-0.1, -0.05) is 54.6 Å². The van der Waals surface area contributed by atoms with Crippen LogP contribution in [-0.2, 0) is 30.4 Å². The number of esters is 1. The molecule has 3 aromatic carbocycles. The van der Waals surface area contributed by atoms with E-state index in [-0.39, 0.29) is 32.3 Å². The number of nitrogens with zero attached hydrogens (tertiary/aromatic N) is 6. The second-order valence-corrected chi connectivity index (χ2v) is 12.0. The number of unbranched alkanes of at least 4 members (excludes halogenated alkanes) is 3. The summed E-state index contributed by atoms with van der Waals surface area (Å²) >= 11 is 0. The summed E-state index contributed by atoms with van der Waals surface area (Å²) in [6.07, 6.45) is 0.179. The molecule has 0 aliphatic carbocycles. The van der Waals surface area contributed by atoms with Crippen molar-refractivity contribution in [1.82, 2.24) is 14.7 Å². The molecular weight excluding hydrogens is 736 g/mol. The Bertz CT molecular complexity index is 1970. The molecule has 1 aromatic heterocycles. The van der Waals surface area contributed by atoms with Gasteiger partial charge >= 0.3 is 12.1 Å². The van der Waals surface area contributed by atoms with E-state index in [1.54, 1.807) is 34.9 Å². The van der Waals surface area contributed by atoms with Crippen LogP contribution in [0, 0.1) is 20.2 Å². The fourth-order valence-corrected chi connectivity index (χ4v) is 5.39. The summed E-state index contributed by atoms with van der Waals surface area (Å²) in [5.74, 6) is 5.55. The number of amidine groups is 1. The molecule has 4 N–H and O–H groups in total. The number of aromatic nitrogens is 2. The lowest BCUT2D eigenvalue weighted by Crippen LogP contribution is -2.40. The van der Waals surface area contributed by atoms with Gasteiger partial charge in [-0.15, -0.1) is 25.3 Å². The normalized spacial score (nSPS) is 11.7. The smallest absolute Gasteiger partial charge is 0.465 e. The van der Waals surface area contributed by atoms with Gasteiger partial charge in [-0.25, -0.2) is 15.4 Å². The third-order valence-electron chi connectivity index (χ3n) is 8.07. The Morgan fingerprint density at radius 1 is 0.857 bits per heavy atom. The van der Waals surface area contributed by atoms with Crippen molar-refractivity contribution in [2.75, 3.05) is 33.0 Å². The molecule has 0 amide bonds. The number of hydrogen-bond acceptors (Lipinski definition) is 16. The van der Waals surface area contributed by atoms with E-state index in [0.29, 0.717) is 73.4 Å². The van der Waals surface area contributed by atoms with Crippen molar-refractivity contribution in [1.29, 1.82) is 0 Å². The highest BCUT2D eigenvalue weighted by Gasteiger charge is 2.21. The number of hydrogen-bond donors (Lipinski definition) is 2. The lowest BCUT2D eigenvalue weighted by atomic mass is 9.98. The zero-order valence-electron chi connectivity index (χ0n) is 30.9. The molecule has 1 heterocycles. The Hall–Kier alpha value is -6.70.